The maximum absolute atomic E-state index is 2.86. The third kappa shape index (κ3) is 5.41. The summed E-state index contributed by atoms with van der Waals surface area (Å²) >= 11 is 0. The van der Waals surface area contributed by atoms with Crippen LogP contribution in [0.5, 0.6) is 0 Å². The molecule has 6 rings (SSSR count). The van der Waals surface area contributed by atoms with Gasteiger partial charge < -0.3 is 0 Å². The first-order valence-electron chi connectivity index (χ1n) is 19.8. The average Bonchev–Trinajstić information content (AvgIpc) is 3.15. The van der Waals surface area contributed by atoms with E-state index in [1.807, 2.05) is 0 Å². The molecule has 0 aromatic carbocycles. The minimum absolute atomic E-state index is 0.514. The van der Waals surface area contributed by atoms with Crippen molar-refractivity contribution in [1.29, 1.82) is 0 Å². The van der Waals surface area contributed by atoms with E-state index in [0.29, 0.717) is 10.8 Å². The number of fused-ring (bicyclic) bond motifs is 5. The van der Waals surface area contributed by atoms with Crippen molar-refractivity contribution in [3.63, 3.8) is 0 Å². The number of hydrogen-bond acceptors (Lipinski definition) is 0. The molecule has 0 heterocycles. The normalized spacial score (nSPS) is 53.9. The lowest BCUT2D eigenvalue weighted by Crippen LogP contribution is -2.52. The van der Waals surface area contributed by atoms with Gasteiger partial charge in [-0.2, -0.15) is 0 Å². The van der Waals surface area contributed by atoms with Crippen LogP contribution in [0.2, 0.25) is 0 Å². The smallest absolute Gasteiger partial charge is 0.0269 e. The van der Waals surface area contributed by atoms with Crippen molar-refractivity contribution in [2.45, 2.75) is 159 Å². The summed E-state index contributed by atoms with van der Waals surface area (Å²) in [4.78, 5) is 0. The molecular formula is C42H74. The van der Waals surface area contributed by atoms with E-state index in [-0.39, 0.29) is 0 Å². The molecule has 0 nitrogen and oxygen atoms in total. The van der Waals surface area contributed by atoms with Gasteiger partial charge in [-0.25, -0.2) is 0 Å². The van der Waals surface area contributed by atoms with Gasteiger partial charge in [0.15, 0.2) is 0 Å². The summed E-state index contributed by atoms with van der Waals surface area (Å²) in [6, 6.07) is 0. The molecule has 0 bridgehead atoms. The van der Waals surface area contributed by atoms with Crippen LogP contribution in [0.1, 0.15) is 159 Å². The van der Waals surface area contributed by atoms with Gasteiger partial charge in [-0.1, -0.05) is 94.9 Å². The fourth-order valence-corrected chi connectivity index (χ4v) is 15.4. The molecule has 6 aliphatic carbocycles. The number of hydrogen-bond donors (Lipinski definition) is 0. The van der Waals surface area contributed by atoms with Crippen molar-refractivity contribution in [3.8, 4) is 0 Å². The third-order valence-electron chi connectivity index (χ3n) is 16.9. The number of rotatable bonds is 5. The molecule has 0 heteroatoms. The van der Waals surface area contributed by atoms with Gasteiger partial charge in [0.05, 0.1) is 0 Å². The molecule has 0 radical (unpaired) electrons. The van der Waals surface area contributed by atoms with Gasteiger partial charge in [-0.05, 0) is 170 Å². The predicted octanol–water partition coefficient (Wildman–Crippen LogP) is 12.6. The van der Waals surface area contributed by atoms with Crippen LogP contribution in [0.15, 0.2) is 0 Å². The van der Waals surface area contributed by atoms with Crippen molar-refractivity contribution in [3.05, 3.63) is 0 Å². The lowest BCUT2D eigenvalue weighted by Gasteiger charge is -2.58. The maximum Gasteiger partial charge on any atom is -0.0269 e. The zero-order valence-corrected chi connectivity index (χ0v) is 30.1. The van der Waals surface area contributed by atoms with E-state index < -0.39 is 0 Å². The Morgan fingerprint density at radius 2 is 1.05 bits per heavy atom. The molecule has 0 amide bonds. The monoisotopic (exact) mass is 579 g/mol. The summed E-state index contributed by atoms with van der Waals surface area (Å²) in [5.41, 5.74) is 1.09. The van der Waals surface area contributed by atoms with Crippen molar-refractivity contribution >= 4 is 0 Å². The Morgan fingerprint density at radius 1 is 0.548 bits per heavy atom. The highest BCUT2D eigenvalue weighted by molar-refractivity contribution is 5.14. The summed E-state index contributed by atoms with van der Waals surface area (Å²) in [7, 11) is 0. The topological polar surface area (TPSA) is 0 Å². The van der Waals surface area contributed by atoms with E-state index in [1.54, 1.807) is 25.7 Å². The highest BCUT2D eigenvalue weighted by atomic mass is 14.7. The molecule has 0 spiro atoms. The van der Waals surface area contributed by atoms with E-state index in [0.717, 1.165) is 94.7 Å². The first-order valence-corrected chi connectivity index (χ1v) is 19.8. The standard InChI is InChI=1S/C42H74/c1-25-11-15-32(16-12-25)42(10,33-17-13-26(2)14-18-33)20-19-34-31(7)37-29(5)21-27(3)23-35(37)38-36-24-28(4)22-30(6)39(36)41(8,9)40(34)38/h25-40H,11-24H2,1-10H3. The molecule has 12 atom stereocenters. The Balaban J connectivity index is 1.34. The highest BCUT2D eigenvalue weighted by Gasteiger charge is 2.66. The molecule has 0 aromatic heterocycles. The minimum atomic E-state index is 0.514. The zero-order valence-electron chi connectivity index (χ0n) is 30.1. The van der Waals surface area contributed by atoms with Crippen LogP contribution in [0.3, 0.4) is 0 Å². The quantitative estimate of drug-likeness (QED) is 0.304. The van der Waals surface area contributed by atoms with E-state index in [9.17, 15) is 0 Å². The fraction of sp³-hybridized carbons (Fsp3) is 1.00. The highest BCUT2D eigenvalue weighted by Crippen LogP contribution is 2.72. The molecule has 6 saturated carbocycles. The van der Waals surface area contributed by atoms with E-state index in [1.165, 1.54) is 64.2 Å². The van der Waals surface area contributed by atoms with E-state index >= 15 is 0 Å². The molecule has 6 fully saturated rings. The van der Waals surface area contributed by atoms with Crippen molar-refractivity contribution < 1.29 is 0 Å². The molecule has 12 unspecified atom stereocenters. The summed E-state index contributed by atoms with van der Waals surface area (Å²) in [6.07, 6.45) is 21.3. The van der Waals surface area contributed by atoms with Crippen LogP contribution in [0.4, 0.5) is 0 Å². The van der Waals surface area contributed by atoms with Crippen molar-refractivity contribution in [1.82, 2.24) is 0 Å². The molecule has 0 N–H and O–H groups in total. The molecule has 0 saturated heterocycles. The Bertz CT molecular complexity index is 875. The second-order valence-electron chi connectivity index (χ2n) is 19.9. The van der Waals surface area contributed by atoms with Crippen molar-refractivity contribution in [2.24, 2.45) is 106 Å². The summed E-state index contributed by atoms with van der Waals surface area (Å²) in [5.74, 6) is 15.5. The van der Waals surface area contributed by atoms with Crippen LogP contribution in [-0.4, -0.2) is 0 Å². The lowest BCUT2D eigenvalue weighted by atomic mass is 9.47. The van der Waals surface area contributed by atoms with Gasteiger partial charge >= 0.3 is 0 Å². The van der Waals surface area contributed by atoms with Crippen LogP contribution in [0, 0.1) is 106 Å². The van der Waals surface area contributed by atoms with E-state index in [4.69, 9.17) is 0 Å². The first kappa shape index (κ1) is 32.0. The van der Waals surface area contributed by atoms with Crippen LogP contribution < -0.4 is 0 Å². The molecular weight excluding hydrogens is 504 g/mol. The Hall–Kier alpha value is 0. The predicted molar refractivity (Wildman–Crippen MR) is 182 cm³/mol. The Labute approximate surface area is 264 Å². The van der Waals surface area contributed by atoms with Crippen LogP contribution in [0.25, 0.3) is 0 Å². The lowest BCUT2D eigenvalue weighted by molar-refractivity contribution is -0.101. The van der Waals surface area contributed by atoms with Gasteiger partial charge in [0.1, 0.15) is 0 Å². The largest absolute Gasteiger partial charge is 0.0625 e. The van der Waals surface area contributed by atoms with Crippen LogP contribution in [-0.2, 0) is 0 Å². The minimum Gasteiger partial charge on any atom is -0.0625 e. The van der Waals surface area contributed by atoms with E-state index in [2.05, 4.69) is 69.2 Å². The fourth-order valence-electron chi connectivity index (χ4n) is 15.4. The molecule has 6 aliphatic rings. The van der Waals surface area contributed by atoms with Gasteiger partial charge in [0.25, 0.3) is 0 Å². The molecule has 242 valence electrons. The second kappa shape index (κ2) is 12.0. The third-order valence-corrected chi connectivity index (χ3v) is 16.9. The maximum atomic E-state index is 2.86. The van der Waals surface area contributed by atoms with Crippen LogP contribution >= 0.6 is 0 Å². The molecule has 0 aromatic rings. The van der Waals surface area contributed by atoms with Crippen molar-refractivity contribution in [2.75, 3.05) is 0 Å². The van der Waals surface area contributed by atoms with Gasteiger partial charge in [-0.3, -0.25) is 0 Å². The average molecular weight is 579 g/mol. The van der Waals surface area contributed by atoms with Gasteiger partial charge in [0, 0.05) is 0 Å². The summed E-state index contributed by atoms with van der Waals surface area (Å²) in [5, 5.41) is 0. The summed E-state index contributed by atoms with van der Waals surface area (Å²) in [6.45, 7) is 26.9. The van der Waals surface area contributed by atoms with Gasteiger partial charge in [0.2, 0.25) is 0 Å². The Morgan fingerprint density at radius 3 is 1.60 bits per heavy atom. The SMILES string of the molecule is CC1CCC(C(C)(CCC2C(C)C3C(C)CC(C)CC3C3C4CC(C)CC(C)C4C(C)(C)C23)C2CCC(C)CC2)CC1. The second-order valence-corrected chi connectivity index (χ2v) is 19.9. The Kier molecular flexibility index (Phi) is 9.12. The first-order chi connectivity index (χ1) is 19.8. The molecule has 0 aliphatic heterocycles. The summed E-state index contributed by atoms with van der Waals surface area (Å²) < 4.78 is 0. The molecule has 42 heavy (non-hydrogen) atoms. The van der Waals surface area contributed by atoms with Gasteiger partial charge in [-0.15, -0.1) is 0 Å². The zero-order chi connectivity index (χ0) is 30.1.